The Morgan fingerprint density at radius 2 is 1.84 bits per heavy atom. The standard InChI is InChI=1S/C18H19BrN2O4/c1-13(25-16-9-5-8-15(19)10-16)18(23)21-20-17(22)12-24-11-14-6-3-2-4-7-14/h2-10,13H,11-12H2,1H3,(H,20,22)(H,21,23). The average Bonchev–Trinajstić information content (AvgIpc) is 2.60. The quantitative estimate of drug-likeness (QED) is 0.692. The lowest BCUT2D eigenvalue weighted by atomic mass is 10.2. The number of benzene rings is 2. The molecule has 2 N–H and O–H groups in total. The highest BCUT2D eigenvalue weighted by Gasteiger charge is 2.15. The summed E-state index contributed by atoms with van der Waals surface area (Å²) in [6.45, 7) is 1.76. The molecule has 7 heteroatoms. The van der Waals surface area contributed by atoms with Crippen LogP contribution in [0.3, 0.4) is 0 Å². The van der Waals surface area contributed by atoms with Gasteiger partial charge < -0.3 is 9.47 Å². The third-order valence-corrected chi connectivity index (χ3v) is 3.64. The minimum Gasteiger partial charge on any atom is -0.481 e. The predicted octanol–water partition coefficient (Wildman–Crippen LogP) is 2.58. The van der Waals surface area contributed by atoms with Crippen molar-refractivity contribution in [2.75, 3.05) is 6.61 Å². The molecule has 132 valence electrons. The normalized spacial score (nSPS) is 11.4. The summed E-state index contributed by atoms with van der Waals surface area (Å²) in [6.07, 6.45) is -0.764. The number of amides is 2. The Labute approximate surface area is 154 Å². The molecule has 2 rings (SSSR count). The summed E-state index contributed by atoms with van der Waals surface area (Å²) >= 11 is 3.33. The first kappa shape index (κ1) is 19.0. The van der Waals surface area contributed by atoms with E-state index in [1.54, 1.807) is 25.1 Å². The highest BCUT2D eigenvalue weighted by Crippen LogP contribution is 2.18. The number of carbonyl (C=O) groups is 2. The van der Waals surface area contributed by atoms with Gasteiger partial charge in [0, 0.05) is 4.47 Å². The number of halogens is 1. The van der Waals surface area contributed by atoms with E-state index in [9.17, 15) is 9.59 Å². The van der Waals surface area contributed by atoms with Crippen LogP contribution in [0, 0.1) is 0 Å². The zero-order valence-electron chi connectivity index (χ0n) is 13.7. The molecule has 0 fully saturated rings. The number of ether oxygens (including phenoxy) is 2. The summed E-state index contributed by atoms with van der Waals surface area (Å²) in [5.74, 6) is -0.357. The Bertz CT molecular complexity index is 709. The van der Waals surface area contributed by atoms with Crippen LogP contribution in [-0.4, -0.2) is 24.5 Å². The summed E-state index contributed by atoms with van der Waals surface area (Å²) in [5, 5.41) is 0. The number of rotatable bonds is 7. The first-order valence-corrected chi connectivity index (χ1v) is 8.46. The summed E-state index contributed by atoms with van der Waals surface area (Å²) < 4.78 is 11.6. The number of hydrazine groups is 1. The molecule has 0 aliphatic carbocycles. The Hall–Kier alpha value is -2.38. The first-order valence-electron chi connectivity index (χ1n) is 7.67. The molecule has 0 saturated carbocycles. The third kappa shape index (κ3) is 6.94. The van der Waals surface area contributed by atoms with Gasteiger partial charge in [-0.15, -0.1) is 0 Å². The molecule has 0 saturated heterocycles. The van der Waals surface area contributed by atoms with E-state index in [0.29, 0.717) is 12.4 Å². The highest BCUT2D eigenvalue weighted by molar-refractivity contribution is 9.10. The van der Waals surface area contributed by atoms with Crippen molar-refractivity contribution >= 4 is 27.7 Å². The van der Waals surface area contributed by atoms with Gasteiger partial charge in [-0.2, -0.15) is 0 Å². The van der Waals surface area contributed by atoms with E-state index in [1.165, 1.54) is 0 Å². The van der Waals surface area contributed by atoms with Gasteiger partial charge in [-0.05, 0) is 30.7 Å². The van der Waals surface area contributed by atoms with Crippen LogP contribution in [0.5, 0.6) is 5.75 Å². The molecule has 2 aromatic carbocycles. The van der Waals surface area contributed by atoms with E-state index in [1.807, 2.05) is 36.4 Å². The lowest BCUT2D eigenvalue weighted by Gasteiger charge is -2.15. The van der Waals surface area contributed by atoms with Crippen LogP contribution in [0.1, 0.15) is 12.5 Å². The van der Waals surface area contributed by atoms with Gasteiger partial charge in [0.25, 0.3) is 11.8 Å². The maximum atomic E-state index is 11.9. The van der Waals surface area contributed by atoms with Crippen molar-refractivity contribution in [2.45, 2.75) is 19.6 Å². The summed E-state index contributed by atoms with van der Waals surface area (Å²) in [7, 11) is 0. The van der Waals surface area contributed by atoms with E-state index >= 15 is 0 Å². The van der Waals surface area contributed by atoms with Crippen LogP contribution in [0.2, 0.25) is 0 Å². The average molecular weight is 407 g/mol. The molecule has 0 bridgehead atoms. The molecule has 1 atom stereocenters. The van der Waals surface area contributed by atoms with Crippen molar-refractivity contribution < 1.29 is 19.1 Å². The second-order valence-corrected chi connectivity index (χ2v) is 6.15. The van der Waals surface area contributed by atoms with E-state index in [-0.39, 0.29) is 6.61 Å². The van der Waals surface area contributed by atoms with Gasteiger partial charge in [-0.25, -0.2) is 0 Å². The second-order valence-electron chi connectivity index (χ2n) is 5.23. The third-order valence-electron chi connectivity index (χ3n) is 3.15. The van der Waals surface area contributed by atoms with Gasteiger partial charge in [0.05, 0.1) is 6.61 Å². The Balaban J connectivity index is 1.67. The molecule has 1 unspecified atom stereocenters. The Morgan fingerprint density at radius 3 is 2.56 bits per heavy atom. The molecule has 2 amide bonds. The fourth-order valence-electron chi connectivity index (χ4n) is 1.90. The minimum atomic E-state index is -0.764. The maximum absolute atomic E-state index is 11.9. The number of hydrogen-bond acceptors (Lipinski definition) is 4. The van der Waals surface area contributed by atoms with Crippen molar-refractivity contribution in [3.8, 4) is 5.75 Å². The summed E-state index contributed by atoms with van der Waals surface area (Å²) in [6, 6.07) is 16.6. The maximum Gasteiger partial charge on any atom is 0.279 e. The van der Waals surface area contributed by atoms with Gasteiger partial charge >= 0.3 is 0 Å². The van der Waals surface area contributed by atoms with Crippen molar-refractivity contribution in [3.05, 3.63) is 64.6 Å². The molecule has 0 radical (unpaired) electrons. The molecular formula is C18H19BrN2O4. The Kier molecular flexibility index (Phi) is 7.43. The van der Waals surface area contributed by atoms with Crippen molar-refractivity contribution in [3.63, 3.8) is 0 Å². The second kappa shape index (κ2) is 9.80. The minimum absolute atomic E-state index is 0.157. The fraction of sp³-hybridized carbons (Fsp3) is 0.222. The van der Waals surface area contributed by atoms with E-state index < -0.39 is 17.9 Å². The largest absolute Gasteiger partial charge is 0.481 e. The molecule has 0 aliphatic rings. The van der Waals surface area contributed by atoms with E-state index in [0.717, 1.165) is 10.0 Å². The predicted molar refractivity (Wildman–Crippen MR) is 96.6 cm³/mol. The van der Waals surface area contributed by atoms with Gasteiger partial charge in [0.15, 0.2) is 6.10 Å². The van der Waals surface area contributed by atoms with Crippen molar-refractivity contribution in [1.29, 1.82) is 0 Å². The monoisotopic (exact) mass is 406 g/mol. The lowest BCUT2D eigenvalue weighted by Crippen LogP contribution is -2.48. The van der Waals surface area contributed by atoms with Crippen LogP contribution < -0.4 is 15.6 Å². The zero-order valence-corrected chi connectivity index (χ0v) is 15.3. The molecule has 0 spiro atoms. The summed E-state index contributed by atoms with van der Waals surface area (Å²) in [4.78, 5) is 23.6. The number of carbonyl (C=O) groups excluding carboxylic acids is 2. The molecule has 25 heavy (non-hydrogen) atoms. The van der Waals surface area contributed by atoms with Crippen molar-refractivity contribution in [1.82, 2.24) is 10.9 Å². The topological polar surface area (TPSA) is 76.7 Å². The number of nitrogens with one attached hydrogen (secondary N) is 2. The van der Waals surface area contributed by atoms with Crippen molar-refractivity contribution in [2.24, 2.45) is 0 Å². The van der Waals surface area contributed by atoms with Gasteiger partial charge in [-0.1, -0.05) is 52.3 Å². The first-order chi connectivity index (χ1) is 12.0. The lowest BCUT2D eigenvalue weighted by molar-refractivity contribution is -0.134. The molecular weight excluding hydrogens is 388 g/mol. The fourth-order valence-corrected chi connectivity index (χ4v) is 2.28. The van der Waals surface area contributed by atoms with Crippen LogP contribution >= 0.6 is 15.9 Å². The van der Waals surface area contributed by atoms with Crippen LogP contribution in [0.25, 0.3) is 0 Å². The Morgan fingerprint density at radius 1 is 1.08 bits per heavy atom. The van der Waals surface area contributed by atoms with Crippen LogP contribution in [-0.2, 0) is 20.9 Å². The number of hydrogen-bond donors (Lipinski definition) is 2. The van der Waals surface area contributed by atoms with E-state index in [4.69, 9.17) is 9.47 Å². The molecule has 0 heterocycles. The van der Waals surface area contributed by atoms with Crippen LogP contribution in [0.4, 0.5) is 0 Å². The molecule has 6 nitrogen and oxygen atoms in total. The van der Waals surface area contributed by atoms with Gasteiger partial charge in [0.2, 0.25) is 0 Å². The molecule has 0 aromatic heterocycles. The molecule has 0 aliphatic heterocycles. The van der Waals surface area contributed by atoms with Crippen LogP contribution in [0.15, 0.2) is 59.1 Å². The van der Waals surface area contributed by atoms with Gasteiger partial charge in [0.1, 0.15) is 12.4 Å². The highest BCUT2D eigenvalue weighted by atomic mass is 79.9. The van der Waals surface area contributed by atoms with E-state index in [2.05, 4.69) is 26.8 Å². The summed E-state index contributed by atoms with van der Waals surface area (Å²) in [5.41, 5.74) is 5.57. The zero-order chi connectivity index (χ0) is 18.1. The smallest absolute Gasteiger partial charge is 0.279 e. The SMILES string of the molecule is CC(Oc1cccc(Br)c1)C(=O)NNC(=O)COCc1ccccc1. The van der Waals surface area contributed by atoms with Gasteiger partial charge in [-0.3, -0.25) is 20.4 Å². The molecule has 2 aromatic rings.